The highest BCUT2D eigenvalue weighted by molar-refractivity contribution is 7.11. The van der Waals surface area contributed by atoms with Crippen LogP contribution in [0.15, 0.2) is 0 Å². The van der Waals surface area contributed by atoms with Crippen LogP contribution in [0.4, 0.5) is 13.2 Å². The molecule has 0 saturated carbocycles. The van der Waals surface area contributed by atoms with Gasteiger partial charge in [-0.3, -0.25) is 0 Å². The van der Waals surface area contributed by atoms with E-state index in [0.717, 1.165) is 11.3 Å². The highest BCUT2D eigenvalue weighted by Crippen LogP contribution is 2.33. The number of thiazole rings is 1. The van der Waals surface area contributed by atoms with Crippen LogP contribution in [-0.2, 0) is 12.7 Å². The number of aromatic nitrogens is 1. The fraction of sp³-hybridized carbons (Fsp3) is 0.700. The van der Waals surface area contributed by atoms with Crippen molar-refractivity contribution in [3.05, 3.63) is 15.6 Å². The van der Waals surface area contributed by atoms with Gasteiger partial charge in [0.2, 0.25) is 0 Å². The highest BCUT2D eigenvalue weighted by Gasteiger charge is 2.36. The van der Waals surface area contributed by atoms with Gasteiger partial charge in [0.25, 0.3) is 0 Å². The average Bonchev–Trinajstić information content (AvgIpc) is 2.45. The van der Waals surface area contributed by atoms with Crippen molar-refractivity contribution in [2.75, 3.05) is 6.54 Å². The first-order valence-corrected chi connectivity index (χ1v) is 5.86. The predicted octanol–water partition coefficient (Wildman–Crippen LogP) is 3.22. The van der Waals surface area contributed by atoms with Crippen molar-refractivity contribution in [1.29, 1.82) is 0 Å². The van der Waals surface area contributed by atoms with Crippen molar-refractivity contribution in [2.45, 2.75) is 33.5 Å². The molecule has 0 saturated heterocycles. The summed E-state index contributed by atoms with van der Waals surface area (Å²) in [6.45, 7) is 6.55. The number of nitrogens with zero attached hydrogens (tertiary/aromatic N) is 1. The van der Waals surface area contributed by atoms with Gasteiger partial charge in [0, 0.05) is 6.54 Å². The Balaban J connectivity index is 2.72. The van der Waals surface area contributed by atoms with Crippen LogP contribution in [0.25, 0.3) is 0 Å². The Morgan fingerprint density at radius 3 is 2.50 bits per heavy atom. The number of hydrogen-bond donors (Lipinski definition) is 1. The van der Waals surface area contributed by atoms with E-state index >= 15 is 0 Å². The highest BCUT2D eigenvalue weighted by atomic mass is 32.1. The largest absolute Gasteiger partial charge is 0.434 e. The molecule has 0 unspecified atom stereocenters. The Hall–Kier alpha value is -0.620. The maximum atomic E-state index is 12.6. The molecule has 0 aliphatic rings. The fourth-order valence-electron chi connectivity index (χ4n) is 1.28. The number of hydrogen-bond acceptors (Lipinski definition) is 3. The van der Waals surface area contributed by atoms with E-state index in [1.54, 1.807) is 6.92 Å². The molecule has 0 fully saturated rings. The summed E-state index contributed by atoms with van der Waals surface area (Å²) >= 11 is 1.10. The molecule has 0 amide bonds. The summed E-state index contributed by atoms with van der Waals surface area (Å²) in [4.78, 5) is 3.80. The maximum absolute atomic E-state index is 12.6. The van der Waals surface area contributed by atoms with Gasteiger partial charge < -0.3 is 5.32 Å². The molecule has 1 aromatic heterocycles. The van der Waals surface area contributed by atoms with Gasteiger partial charge in [0.05, 0.1) is 9.88 Å². The maximum Gasteiger partial charge on any atom is 0.434 e. The molecule has 16 heavy (non-hydrogen) atoms. The first-order valence-electron chi connectivity index (χ1n) is 5.05. The van der Waals surface area contributed by atoms with Gasteiger partial charge in [0.15, 0.2) is 5.69 Å². The molecule has 1 N–H and O–H groups in total. The third-order valence-corrected chi connectivity index (χ3v) is 2.88. The van der Waals surface area contributed by atoms with Crippen LogP contribution in [0.5, 0.6) is 0 Å². The summed E-state index contributed by atoms with van der Waals surface area (Å²) in [6.07, 6.45) is -4.35. The predicted molar refractivity (Wildman–Crippen MR) is 58.4 cm³/mol. The van der Waals surface area contributed by atoms with Gasteiger partial charge in [-0.25, -0.2) is 4.98 Å². The second kappa shape index (κ2) is 5.14. The van der Waals surface area contributed by atoms with Gasteiger partial charge in [-0.1, -0.05) is 13.8 Å². The lowest BCUT2D eigenvalue weighted by atomic mass is 10.2. The molecule has 1 heterocycles. The first-order chi connectivity index (χ1) is 7.30. The van der Waals surface area contributed by atoms with E-state index < -0.39 is 11.9 Å². The van der Waals surface area contributed by atoms with Crippen molar-refractivity contribution >= 4 is 11.3 Å². The lowest BCUT2D eigenvalue weighted by Crippen LogP contribution is -2.20. The van der Waals surface area contributed by atoms with Gasteiger partial charge in [-0.2, -0.15) is 13.2 Å². The molecule has 0 atom stereocenters. The normalized spacial score (nSPS) is 12.4. The molecule has 0 radical (unpaired) electrons. The van der Waals surface area contributed by atoms with Crippen molar-refractivity contribution < 1.29 is 13.2 Å². The molecular weight excluding hydrogens is 237 g/mol. The average molecular weight is 252 g/mol. The number of nitrogens with one attached hydrogen (secondary N) is 1. The summed E-state index contributed by atoms with van der Waals surface area (Å²) in [7, 11) is 0. The van der Waals surface area contributed by atoms with Gasteiger partial charge >= 0.3 is 6.18 Å². The third-order valence-electron chi connectivity index (χ3n) is 1.91. The molecule has 0 spiro atoms. The second-order valence-electron chi connectivity index (χ2n) is 4.03. The second-order valence-corrected chi connectivity index (χ2v) is 5.31. The molecule has 2 nitrogen and oxygen atoms in total. The number of alkyl halides is 3. The minimum atomic E-state index is -4.35. The number of aryl methyl sites for hydroxylation is 1. The summed E-state index contributed by atoms with van der Waals surface area (Å²) in [5.41, 5.74) is -0.744. The topological polar surface area (TPSA) is 24.9 Å². The third kappa shape index (κ3) is 3.75. The van der Waals surface area contributed by atoms with E-state index in [0.29, 0.717) is 17.5 Å². The van der Waals surface area contributed by atoms with Crippen molar-refractivity contribution in [1.82, 2.24) is 10.3 Å². The zero-order valence-corrected chi connectivity index (χ0v) is 10.3. The summed E-state index contributed by atoms with van der Waals surface area (Å²) in [5, 5.41) is 3.45. The minimum absolute atomic E-state index is 0.235. The van der Waals surface area contributed by atoms with Crippen LogP contribution in [0.3, 0.4) is 0 Å². The summed E-state index contributed by atoms with van der Waals surface area (Å²) in [6, 6.07) is 0. The monoisotopic (exact) mass is 252 g/mol. The van der Waals surface area contributed by atoms with E-state index in [9.17, 15) is 13.2 Å². The van der Waals surface area contributed by atoms with Crippen LogP contribution in [0, 0.1) is 12.8 Å². The molecule has 0 aliphatic heterocycles. The quantitative estimate of drug-likeness (QED) is 0.890. The van der Waals surface area contributed by atoms with Gasteiger partial charge in [-0.15, -0.1) is 11.3 Å². The van der Waals surface area contributed by atoms with Crippen LogP contribution in [-0.4, -0.2) is 11.5 Å². The number of rotatable bonds is 4. The van der Waals surface area contributed by atoms with Crippen LogP contribution < -0.4 is 5.32 Å². The first kappa shape index (κ1) is 13.4. The summed E-state index contributed by atoms with van der Waals surface area (Å²) in [5.74, 6) is 0.420. The lowest BCUT2D eigenvalue weighted by molar-refractivity contribution is -0.141. The van der Waals surface area contributed by atoms with Crippen molar-refractivity contribution in [2.24, 2.45) is 5.92 Å². The Labute approximate surface area is 96.9 Å². The number of halogens is 3. The van der Waals surface area contributed by atoms with Crippen LogP contribution in [0.1, 0.15) is 29.4 Å². The molecule has 1 aromatic rings. The Morgan fingerprint density at radius 2 is 2.00 bits per heavy atom. The Bertz CT molecular complexity index is 344. The zero-order valence-electron chi connectivity index (χ0n) is 9.48. The summed E-state index contributed by atoms with van der Waals surface area (Å²) < 4.78 is 37.7. The van der Waals surface area contributed by atoms with Gasteiger partial charge in [0.1, 0.15) is 0 Å². The lowest BCUT2D eigenvalue weighted by Gasteiger charge is -2.08. The molecule has 6 heteroatoms. The van der Waals surface area contributed by atoms with Crippen LogP contribution in [0.2, 0.25) is 0 Å². The molecule has 0 aliphatic carbocycles. The molecule has 92 valence electrons. The van der Waals surface area contributed by atoms with E-state index in [4.69, 9.17) is 0 Å². The van der Waals surface area contributed by atoms with E-state index in [1.165, 1.54) is 0 Å². The zero-order chi connectivity index (χ0) is 12.3. The molecule has 0 bridgehead atoms. The van der Waals surface area contributed by atoms with E-state index in [1.807, 2.05) is 13.8 Å². The van der Waals surface area contributed by atoms with Crippen molar-refractivity contribution in [3.63, 3.8) is 0 Å². The van der Waals surface area contributed by atoms with Gasteiger partial charge in [-0.05, 0) is 19.4 Å². The van der Waals surface area contributed by atoms with Crippen LogP contribution >= 0.6 is 11.3 Å². The van der Waals surface area contributed by atoms with E-state index in [2.05, 4.69) is 10.3 Å². The SMILES string of the molecule is Cc1nc(C(F)(F)F)c(CNCC(C)C)s1. The fourth-order valence-corrected chi connectivity index (χ4v) is 2.21. The van der Waals surface area contributed by atoms with E-state index in [-0.39, 0.29) is 11.4 Å². The Kier molecular flexibility index (Phi) is 4.32. The molecular formula is C10H15F3N2S. The smallest absolute Gasteiger partial charge is 0.312 e. The minimum Gasteiger partial charge on any atom is -0.312 e. The molecule has 1 rings (SSSR count). The molecule has 0 aromatic carbocycles. The van der Waals surface area contributed by atoms with Crippen molar-refractivity contribution in [3.8, 4) is 0 Å². The standard InChI is InChI=1S/C10H15F3N2S/c1-6(2)4-14-5-8-9(10(11,12)13)15-7(3)16-8/h6,14H,4-5H2,1-3H3. The Morgan fingerprint density at radius 1 is 1.38 bits per heavy atom.